The first-order chi connectivity index (χ1) is 13.9. The van der Waals surface area contributed by atoms with Gasteiger partial charge in [-0.15, -0.1) is 0 Å². The molecule has 0 aromatic heterocycles. The maximum atomic E-state index is 11.3. The van der Waals surface area contributed by atoms with Crippen molar-refractivity contribution in [3.8, 4) is 11.5 Å². The molecule has 30 heavy (non-hydrogen) atoms. The van der Waals surface area contributed by atoms with Crippen LogP contribution in [0.2, 0.25) is 0 Å². The van der Waals surface area contributed by atoms with E-state index in [0.717, 1.165) is 22.3 Å². The van der Waals surface area contributed by atoms with Gasteiger partial charge >= 0.3 is 11.9 Å². The Morgan fingerprint density at radius 2 is 1.77 bits per heavy atom. The van der Waals surface area contributed by atoms with Gasteiger partial charge in [0.05, 0.1) is 6.61 Å². The number of phenols is 1. The van der Waals surface area contributed by atoms with E-state index in [0.29, 0.717) is 18.6 Å². The molecule has 10 heteroatoms. The summed E-state index contributed by atoms with van der Waals surface area (Å²) in [6, 6.07) is 0. The van der Waals surface area contributed by atoms with E-state index in [4.69, 9.17) is 25.2 Å². The molecule has 6 N–H and O–H groups in total. The Balaban J connectivity index is 0.000000232. The number of aliphatic hydroxyl groups is 4. The van der Waals surface area contributed by atoms with Crippen LogP contribution >= 0.6 is 0 Å². The smallest absolute Gasteiger partial charge is 0.377 e. The number of cyclic esters (lactones) is 1. The molecule has 1 unspecified atom stereocenters. The number of ether oxygens (including phenoxy) is 2. The van der Waals surface area contributed by atoms with Crippen molar-refractivity contribution in [2.45, 2.75) is 58.3 Å². The number of carbonyl (C=O) groups excluding carboxylic acids is 1. The highest BCUT2D eigenvalue weighted by Gasteiger charge is 2.41. The average Bonchev–Trinajstić information content (AvgIpc) is 2.97. The number of benzene rings is 1. The van der Waals surface area contributed by atoms with Crippen LogP contribution in [0.15, 0.2) is 11.5 Å². The third-order valence-corrected chi connectivity index (χ3v) is 5.45. The van der Waals surface area contributed by atoms with Crippen LogP contribution in [0.1, 0.15) is 35.6 Å². The lowest BCUT2D eigenvalue weighted by Gasteiger charge is -2.34. The predicted molar refractivity (Wildman–Crippen MR) is 103 cm³/mol. The van der Waals surface area contributed by atoms with E-state index in [1.54, 1.807) is 6.92 Å². The minimum Gasteiger partial charge on any atom is -0.507 e. The topological polar surface area (TPSA) is 174 Å². The first kappa shape index (κ1) is 23.3. The van der Waals surface area contributed by atoms with Crippen LogP contribution in [0.25, 0.3) is 0 Å². The fourth-order valence-electron chi connectivity index (χ4n) is 3.22. The predicted octanol–water partition coefficient (Wildman–Crippen LogP) is 1.08. The van der Waals surface area contributed by atoms with Gasteiger partial charge in [0.2, 0.25) is 11.4 Å². The van der Waals surface area contributed by atoms with Crippen LogP contribution in [-0.4, -0.2) is 67.0 Å². The van der Waals surface area contributed by atoms with Gasteiger partial charge in [-0.05, 0) is 50.8 Å². The van der Waals surface area contributed by atoms with Gasteiger partial charge in [0.25, 0.3) is 0 Å². The van der Waals surface area contributed by atoms with Crippen LogP contribution in [0.5, 0.6) is 11.5 Å². The maximum Gasteiger partial charge on any atom is 0.377 e. The Bertz CT molecular complexity index is 904. The number of fused-ring (bicyclic) bond motifs is 1. The molecule has 2 heterocycles. The van der Waals surface area contributed by atoms with Gasteiger partial charge in [-0.1, -0.05) is 0 Å². The lowest BCUT2D eigenvalue weighted by molar-refractivity contribution is -0.155. The Morgan fingerprint density at radius 3 is 2.23 bits per heavy atom. The molecule has 3 atom stereocenters. The Kier molecular flexibility index (Phi) is 6.53. The van der Waals surface area contributed by atoms with E-state index in [9.17, 15) is 19.8 Å². The van der Waals surface area contributed by atoms with Crippen molar-refractivity contribution in [1.82, 2.24) is 0 Å². The van der Waals surface area contributed by atoms with Gasteiger partial charge in [0.15, 0.2) is 11.9 Å². The third-order valence-electron chi connectivity index (χ3n) is 5.45. The van der Waals surface area contributed by atoms with Crippen molar-refractivity contribution in [2.24, 2.45) is 0 Å². The second-order valence-corrected chi connectivity index (χ2v) is 7.48. The fraction of sp³-hybridized carbons (Fsp3) is 0.500. The molecule has 10 nitrogen and oxygen atoms in total. The average molecular weight is 426 g/mol. The summed E-state index contributed by atoms with van der Waals surface area (Å²) in [5.41, 5.74) is 2.11. The fourth-order valence-corrected chi connectivity index (χ4v) is 3.22. The quantitative estimate of drug-likeness (QED) is 0.384. The van der Waals surface area contributed by atoms with E-state index in [1.807, 2.05) is 20.8 Å². The lowest BCUT2D eigenvalue weighted by atomic mass is 9.87. The zero-order valence-electron chi connectivity index (χ0n) is 17.1. The van der Waals surface area contributed by atoms with Crippen molar-refractivity contribution >= 4 is 11.9 Å². The molecular weight excluding hydrogens is 400 g/mol. The Morgan fingerprint density at radius 1 is 1.17 bits per heavy atom. The number of carbonyl (C=O) groups is 2. The highest BCUT2D eigenvalue weighted by atomic mass is 16.6. The molecule has 0 aliphatic carbocycles. The molecule has 1 aromatic carbocycles. The monoisotopic (exact) mass is 426 g/mol. The van der Waals surface area contributed by atoms with Gasteiger partial charge in [-0.2, -0.15) is 0 Å². The minimum atomic E-state index is -1.42. The molecule has 0 saturated carbocycles. The SMILES string of the molecule is Cc1c(C)c2c(c(C)c1O)CCC(C)(C(=O)O)O2.O=C1O[C@H]([C@@H](O)CO)C(O)=C1O. The summed E-state index contributed by atoms with van der Waals surface area (Å²) in [6.07, 6.45) is -1.75. The highest BCUT2D eigenvalue weighted by molar-refractivity contribution is 5.89. The molecule has 2 aliphatic rings. The molecule has 0 bridgehead atoms. The molecule has 1 aromatic rings. The molecule has 3 rings (SSSR count). The van der Waals surface area contributed by atoms with Crippen molar-refractivity contribution in [3.63, 3.8) is 0 Å². The number of aliphatic carboxylic acids is 1. The van der Waals surface area contributed by atoms with Gasteiger partial charge in [0, 0.05) is 12.0 Å². The van der Waals surface area contributed by atoms with E-state index in [2.05, 4.69) is 4.74 Å². The van der Waals surface area contributed by atoms with E-state index in [-0.39, 0.29) is 5.75 Å². The van der Waals surface area contributed by atoms with Crippen LogP contribution in [0, 0.1) is 20.8 Å². The zero-order chi connectivity index (χ0) is 23.0. The third kappa shape index (κ3) is 4.01. The van der Waals surface area contributed by atoms with Crippen LogP contribution in [-0.2, 0) is 20.7 Å². The first-order valence-electron chi connectivity index (χ1n) is 9.21. The highest BCUT2D eigenvalue weighted by Crippen LogP contribution is 2.43. The zero-order valence-corrected chi connectivity index (χ0v) is 17.1. The number of esters is 1. The summed E-state index contributed by atoms with van der Waals surface area (Å²) >= 11 is 0. The van der Waals surface area contributed by atoms with E-state index >= 15 is 0 Å². The number of carboxylic acids is 1. The number of aromatic hydroxyl groups is 1. The second kappa shape index (κ2) is 8.41. The van der Waals surface area contributed by atoms with Crippen molar-refractivity contribution in [2.75, 3.05) is 6.61 Å². The summed E-state index contributed by atoms with van der Waals surface area (Å²) < 4.78 is 10.0. The number of phenolic OH excluding ortho intramolecular Hbond substituents is 1. The minimum absolute atomic E-state index is 0.286. The van der Waals surface area contributed by atoms with Gasteiger partial charge < -0.3 is 40.1 Å². The Hall–Kier alpha value is -2.98. The van der Waals surface area contributed by atoms with Crippen LogP contribution < -0.4 is 4.74 Å². The van der Waals surface area contributed by atoms with Gasteiger partial charge in [0.1, 0.15) is 17.6 Å². The van der Waals surface area contributed by atoms with Gasteiger partial charge in [-0.25, -0.2) is 9.59 Å². The molecule has 2 aliphatic heterocycles. The number of aliphatic hydroxyl groups excluding tert-OH is 4. The van der Waals surface area contributed by atoms with Crippen molar-refractivity contribution in [1.29, 1.82) is 0 Å². The molecule has 166 valence electrons. The van der Waals surface area contributed by atoms with E-state index < -0.39 is 47.9 Å². The van der Waals surface area contributed by atoms with Crippen LogP contribution in [0.3, 0.4) is 0 Å². The molecule has 0 radical (unpaired) electrons. The number of carboxylic acid groups (broad SMARTS) is 1. The lowest BCUT2D eigenvalue weighted by Crippen LogP contribution is -2.44. The summed E-state index contributed by atoms with van der Waals surface area (Å²) in [6.45, 7) is 6.42. The maximum absolute atomic E-state index is 11.3. The number of hydrogen-bond donors (Lipinski definition) is 6. The molecular formula is C20H26O10. The normalized spacial score (nSPS) is 23.7. The molecule has 0 saturated heterocycles. The van der Waals surface area contributed by atoms with Crippen LogP contribution in [0.4, 0.5) is 0 Å². The number of rotatable bonds is 3. The van der Waals surface area contributed by atoms with E-state index in [1.165, 1.54) is 0 Å². The molecule has 0 spiro atoms. The summed E-state index contributed by atoms with van der Waals surface area (Å²) in [4.78, 5) is 21.8. The summed E-state index contributed by atoms with van der Waals surface area (Å²) in [5, 5.41) is 54.3. The Labute approximate surface area is 172 Å². The largest absolute Gasteiger partial charge is 0.507 e. The number of hydrogen-bond acceptors (Lipinski definition) is 9. The van der Waals surface area contributed by atoms with Gasteiger partial charge in [-0.3, -0.25) is 0 Å². The standard InChI is InChI=1S/C14H18O4.C6H8O6/c1-7-8(2)12-10(9(3)11(7)15)5-6-14(4,18-12)13(16)17;7-1-2(8)5-3(9)4(10)6(11)12-5/h15H,5-6H2,1-4H3,(H,16,17);2,5,7-10H,1H2/t;2-,5+/m.0/s1. The second-order valence-electron chi connectivity index (χ2n) is 7.48. The summed E-state index contributed by atoms with van der Waals surface area (Å²) in [5.74, 6) is -2.82. The summed E-state index contributed by atoms with van der Waals surface area (Å²) in [7, 11) is 0. The molecule has 0 fully saturated rings. The first-order valence-corrected chi connectivity index (χ1v) is 9.21. The van der Waals surface area contributed by atoms with Crippen molar-refractivity contribution < 1.29 is 49.7 Å². The van der Waals surface area contributed by atoms with Crippen molar-refractivity contribution in [3.05, 3.63) is 33.8 Å². The molecule has 0 amide bonds.